The van der Waals surface area contributed by atoms with E-state index in [9.17, 15) is 4.79 Å². The molecule has 0 aliphatic carbocycles. The van der Waals surface area contributed by atoms with E-state index in [0.717, 1.165) is 0 Å². The van der Waals surface area contributed by atoms with Crippen molar-refractivity contribution in [1.82, 2.24) is 0 Å². The van der Waals surface area contributed by atoms with Crippen LogP contribution in [0.2, 0.25) is 0 Å². The number of carboxylic acids is 1. The average Bonchev–Trinajstić information content (AvgIpc) is 2.30. The minimum atomic E-state index is -0.973. The minimum Gasteiger partial charge on any atom is -0.493 e. The fourth-order valence-corrected chi connectivity index (χ4v) is 1.66. The highest BCUT2D eigenvalue weighted by Gasteiger charge is 2.23. The monoisotopic (exact) mass is 239 g/mol. The summed E-state index contributed by atoms with van der Waals surface area (Å²) in [6.07, 6.45) is 0. The van der Waals surface area contributed by atoms with Crippen molar-refractivity contribution in [3.05, 3.63) is 23.8 Å². The van der Waals surface area contributed by atoms with E-state index < -0.39 is 11.9 Å². The van der Waals surface area contributed by atoms with Crippen LogP contribution in [-0.2, 0) is 4.79 Å². The van der Waals surface area contributed by atoms with Gasteiger partial charge in [-0.3, -0.25) is 4.79 Å². The summed E-state index contributed by atoms with van der Waals surface area (Å²) in [6, 6.07) is 5.16. The molecular weight excluding hydrogens is 222 g/mol. The number of hydrogen-bond acceptors (Lipinski definition) is 4. The van der Waals surface area contributed by atoms with Gasteiger partial charge in [0.15, 0.2) is 11.5 Å². The molecule has 3 N–H and O–H groups in total. The summed E-state index contributed by atoms with van der Waals surface area (Å²) in [4.78, 5) is 11.1. The highest BCUT2D eigenvalue weighted by molar-refractivity contribution is 5.78. The van der Waals surface area contributed by atoms with E-state index in [0.29, 0.717) is 23.7 Å². The average molecular weight is 239 g/mol. The Kier molecular flexibility index (Phi) is 4.78. The molecule has 0 amide bonds. The van der Waals surface area contributed by atoms with Gasteiger partial charge in [0.05, 0.1) is 19.6 Å². The number of methoxy groups -OCH3 is 1. The minimum absolute atomic E-state index is 0.0152. The Morgan fingerprint density at radius 1 is 1.53 bits per heavy atom. The second kappa shape index (κ2) is 6.10. The Morgan fingerprint density at radius 2 is 2.24 bits per heavy atom. The zero-order valence-corrected chi connectivity index (χ0v) is 9.97. The van der Waals surface area contributed by atoms with E-state index in [1.807, 2.05) is 6.92 Å². The summed E-state index contributed by atoms with van der Waals surface area (Å²) >= 11 is 0. The van der Waals surface area contributed by atoms with Crippen LogP contribution in [0.1, 0.15) is 18.4 Å². The van der Waals surface area contributed by atoms with Crippen LogP contribution in [0.5, 0.6) is 11.5 Å². The van der Waals surface area contributed by atoms with Crippen LogP contribution in [-0.4, -0.2) is 31.3 Å². The molecule has 0 saturated carbocycles. The van der Waals surface area contributed by atoms with E-state index in [1.54, 1.807) is 18.2 Å². The van der Waals surface area contributed by atoms with Gasteiger partial charge in [0.25, 0.3) is 0 Å². The molecule has 5 heteroatoms. The van der Waals surface area contributed by atoms with E-state index in [1.165, 1.54) is 7.11 Å². The molecule has 0 spiro atoms. The molecule has 0 radical (unpaired) electrons. The van der Waals surface area contributed by atoms with Gasteiger partial charge in [-0.05, 0) is 13.0 Å². The molecule has 94 valence electrons. The molecule has 17 heavy (non-hydrogen) atoms. The predicted molar refractivity (Wildman–Crippen MR) is 63.6 cm³/mol. The number of ether oxygens (including phenoxy) is 2. The van der Waals surface area contributed by atoms with Crippen molar-refractivity contribution in [2.45, 2.75) is 12.8 Å². The fourth-order valence-electron chi connectivity index (χ4n) is 1.66. The van der Waals surface area contributed by atoms with Crippen molar-refractivity contribution in [1.29, 1.82) is 0 Å². The maximum Gasteiger partial charge on any atom is 0.312 e. The molecule has 0 fully saturated rings. The van der Waals surface area contributed by atoms with Crippen molar-refractivity contribution >= 4 is 5.97 Å². The van der Waals surface area contributed by atoms with E-state index in [2.05, 4.69) is 0 Å². The van der Waals surface area contributed by atoms with Gasteiger partial charge in [0, 0.05) is 12.1 Å². The molecule has 0 saturated heterocycles. The quantitative estimate of drug-likeness (QED) is 0.780. The number of aliphatic carboxylic acids is 1. The first-order chi connectivity index (χ1) is 8.15. The van der Waals surface area contributed by atoms with Gasteiger partial charge in [0.1, 0.15) is 0 Å². The third-order valence-electron chi connectivity index (χ3n) is 2.42. The van der Waals surface area contributed by atoms with Gasteiger partial charge >= 0.3 is 5.97 Å². The predicted octanol–water partition coefficient (Wildman–Crippen LogP) is 1.22. The summed E-state index contributed by atoms with van der Waals surface area (Å²) in [5, 5.41) is 9.09. The van der Waals surface area contributed by atoms with Gasteiger partial charge in [-0.1, -0.05) is 12.1 Å². The summed E-state index contributed by atoms with van der Waals surface area (Å²) in [6.45, 7) is 2.35. The lowest BCUT2D eigenvalue weighted by Gasteiger charge is -2.17. The van der Waals surface area contributed by atoms with E-state index in [4.69, 9.17) is 20.3 Å². The van der Waals surface area contributed by atoms with E-state index in [-0.39, 0.29) is 6.54 Å². The van der Waals surface area contributed by atoms with Crippen molar-refractivity contribution in [3.8, 4) is 11.5 Å². The van der Waals surface area contributed by atoms with Crippen LogP contribution in [0.4, 0.5) is 0 Å². The summed E-state index contributed by atoms with van der Waals surface area (Å²) < 4.78 is 10.6. The first kappa shape index (κ1) is 13.3. The normalized spacial score (nSPS) is 11.9. The Bertz CT molecular complexity index is 392. The van der Waals surface area contributed by atoms with Crippen molar-refractivity contribution < 1.29 is 19.4 Å². The lowest BCUT2D eigenvalue weighted by molar-refractivity contribution is -0.138. The molecule has 1 aromatic carbocycles. The smallest absolute Gasteiger partial charge is 0.312 e. The molecule has 0 aliphatic rings. The lowest BCUT2D eigenvalue weighted by Crippen LogP contribution is -2.21. The SMILES string of the molecule is CCOc1cccc(C(CN)C(=O)O)c1OC. The van der Waals surface area contributed by atoms with Crippen LogP contribution in [0.25, 0.3) is 0 Å². The van der Waals surface area contributed by atoms with Gasteiger partial charge in [0.2, 0.25) is 0 Å². The molecule has 5 nitrogen and oxygen atoms in total. The molecule has 1 rings (SSSR count). The molecule has 0 aliphatic heterocycles. The van der Waals surface area contributed by atoms with Gasteiger partial charge in [-0.2, -0.15) is 0 Å². The fraction of sp³-hybridized carbons (Fsp3) is 0.417. The molecule has 1 unspecified atom stereocenters. The van der Waals surface area contributed by atoms with Crippen molar-refractivity contribution in [3.63, 3.8) is 0 Å². The molecule has 1 aromatic rings. The summed E-state index contributed by atoms with van der Waals surface area (Å²) in [5.74, 6) is -0.788. The summed E-state index contributed by atoms with van der Waals surface area (Å²) in [7, 11) is 1.48. The Labute approximate surface area is 100 Å². The van der Waals surface area contributed by atoms with Gasteiger partial charge in [-0.25, -0.2) is 0 Å². The molecular formula is C12H17NO4. The Balaban J connectivity index is 3.22. The maximum absolute atomic E-state index is 11.1. The van der Waals surface area contributed by atoms with Crippen LogP contribution in [0, 0.1) is 0 Å². The van der Waals surface area contributed by atoms with E-state index >= 15 is 0 Å². The number of benzene rings is 1. The zero-order chi connectivity index (χ0) is 12.8. The first-order valence-corrected chi connectivity index (χ1v) is 5.38. The number of para-hydroxylation sites is 1. The van der Waals surface area contributed by atoms with Crippen LogP contribution in [0.15, 0.2) is 18.2 Å². The third kappa shape index (κ3) is 2.88. The zero-order valence-electron chi connectivity index (χ0n) is 9.97. The highest BCUT2D eigenvalue weighted by Crippen LogP contribution is 2.35. The number of carbonyl (C=O) groups is 1. The van der Waals surface area contributed by atoms with Crippen LogP contribution < -0.4 is 15.2 Å². The second-order valence-corrected chi connectivity index (χ2v) is 3.44. The standard InChI is InChI=1S/C12H17NO4/c1-3-17-10-6-4-5-8(11(10)16-2)9(7-13)12(14)15/h4-6,9H,3,7,13H2,1-2H3,(H,14,15). The molecule has 0 heterocycles. The number of hydrogen-bond donors (Lipinski definition) is 2. The topological polar surface area (TPSA) is 81.8 Å². The highest BCUT2D eigenvalue weighted by atomic mass is 16.5. The van der Waals surface area contributed by atoms with Crippen LogP contribution >= 0.6 is 0 Å². The summed E-state index contributed by atoms with van der Waals surface area (Å²) in [5.41, 5.74) is 6.01. The van der Waals surface area contributed by atoms with Crippen LogP contribution in [0.3, 0.4) is 0 Å². The largest absolute Gasteiger partial charge is 0.493 e. The van der Waals surface area contributed by atoms with Gasteiger partial charge < -0.3 is 20.3 Å². The third-order valence-corrected chi connectivity index (χ3v) is 2.42. The Morgan fingerprint density at radius 3 is 2.71 bits per heavy atom. The van der Waals surface area contributed by atoms with Gasteiger partial charge in [-0.15, -0.1) is 0 Å². The number of carboxylic acid groups (broad SMARTS) is 1. The lowest BCUT2D eigenvalue weighted by atomic mass is 9.98. The number of rotatable bonds is 6. The van der Waals surface area contributed by atoms with Crippen molar-refractivity contribution in [2.75, 3.05) is 20.3 Å². The number of nitrogens with two attached hydrogens (primary N) is 1. The first-order valence-electron chi connectivity index (χ1n) is 5.38. The molecule has 0 aromatic heterocycles. The molecule has 1 atom stereocenters. The second-order valence-electron chi connectivity index (χ2n) is 3.44. The molecule has 0 bridgehead atoms. The Hall–Kier alpha value is -1.75. The van der Waals surface area contributed by atoms with Crippen molar-refractivity contribution in [2.24, 2.45) is 5.73 Å². The maximum atomic E-state index is 11.1.